The predicted octanol–water partition coefficient (Wildman–Crippen LogP) is 5.17. The molecule has 1 aliphatic carbocycles. The van der Waals surface area contributed by atoms with Crippen molar-refractivity contribution < 1.29 is 4.74 Å². The van der Waals surface area contributed by atoms with Crippen LogP contribution < -0.4 is 0 Å². The smallest absolute Gasteiger partial charge is 0.145 e. The van der Waals surface area contributed by atoms with Crippen LogP contribution in [0.2, 0.25) is 25.7 Å². The van der Waals surface area contributed by atoms with E-state index in [4.69, 9.17) is 10.00 Å². The van der Waals surface area contributed by atoms with Crippen LogP contribution in [0.5, 0.6) is 0 Å². The molecule has 0 N–H and O–H groups in total. The summed E-state index contributed by atoms with van der Waals surface area (Å²) in [5.41, 5.74) is 3.97. The summed E-state index contributed by atoms with van der Waals surface area (Å²) in [7, 11) is -1.10. The van der Waals surface area contributed by atoms with Crippen molar-refractivity contribution in [3.05, 3.63) is 42.6 Å². The van der Waals surface area contributed by atoms with E-state index in [1.54, 1.807) is 12.4 Å². The number of hydrogen-bond acceptors (Lipinski definition) is 5. The zero-order valence-corrected chi connectivity index (χ0v) is 19.6. The van der Waals surface area contributed by atoms with E-state index in [1.807, 2.05) is 21.6 Å². The average Bonchev–Trinajstić information content (AvgIpc) is 3.39. The van der Waals surface area contributed by atoms with Crippen LogP contribution >= 0.6 is 0 Å². The molecule has 0 spiro atoms. The van der Waals surface area contributed by atoms with Crippen molar-refractivity contribution in [2.75, 3.05) is 6.61 Å². The van der Waals surface area contributed by atoms with Gasteiger partial charge in [-0.1, -0.05) is 25.2 Å². The van der Waals surface area contributed by atoms with E-state index < -0.39 is 8.07 Å². The molecule has 1 saturated carbocycles. The lowest BCUT2D eigenvalue weighted by Gasteiger charge is -2.24. The number of hydrogen-bond donors (Lipinski definition) is 0. The number of nitriles is 1. The maximum atomic E-state index is 8.96. The molecule has 0 saturated heterocycles. The first kappa shape index (κ1) is 21.5. The van der Waals surface area contributed by atoms with Crippen LogP contribution in [0.1, 0.15) is 31.7 Å². The molecule has 0 radical (unpaired) electrons. The number of aromatic nitrogens is 5. The molecule has 3 heterocycles. The Morgan fingerprint density at radius 2 is 2.19 bits per heavy atom. The highest BCUT2D eigenvalue weighted by Crippen LogP contribution is 2.33. The van der Waals surface area contributed by atoms with Crippen LogP contribution in [0, 0.1) is 11.3 Å². The van der Waals surface area contributed by atoms with Gasteiger partial charge in [-0.25, -0.2) is 9.97 Å². The minimum atomic E-state index is -1.10. The van der Waals surface area contributed by atoms with Gasteiger partial charge in [0.1, 0.15) is 18.7 Å². The SMILES string of the molecule is C[Si](C)(C)CCOCn1ccc2c(-c3cnn(C4CCC/C(=C\C#N)C4)c3)ncnc21. The van der Waals surface area contributed by atoms with Gasteiger partial charge in [-0.05, 0) is 37.8 Å². The van der Waals surface area contributed by atoms with Gasteiger partial charge in [-0.3, -0.25) is 4.68 Å². The molecule has 0 aromatic carbocycles. The molecule has 3 aromatic heterocycles. The van der Waals surface area contributed by atoms with Crippen molar-refractivity contribution in [3.63, 3.8) is 0 Å². The maximum absolute atomic E-state index is 8.96. The lowest BCUT2D eigenvalue weighted by atomic mass is 9.90. The van der Waals surface area contributed by atoms with Crippen LogP contribution in [0.3, 0.4) is 0 Å². The van der Waals surface area contributed by atoms with Gasteiger partial charge in [0.05, 0.1) is 24.0 Å². The van der Waals surface area contributed by atoms with Crippen molar-refractivity contribution in [2.45, 2.75) is 64.1 Å². The largest absolute Gasteiger partial charge is 0.361 e. The maximum Gasteiger partial charge on any atom is 0.145 e. The summed E-state index contributed by atoms with van der Waals surface area (Å²) in [4.78, 5) is 9.05. The van der Waals surface area contributed by atoms with Gasteiger partial charge in [0, 0.05) is 44.1 Å². The summed E-state index contributed by atoms with van der Waals surface area (Å²) in [6, 6.07) is 5.67. The topological polar surface area (TPSA) is 81.5 Å². The Balaban J connectivity index is 1.51. The van der Waals surface area contributed by atoms with Crippen LogP contribution in [0.15, 0.2) is 42.6 Å². The van der Waals surface area contributed by atoms with Gasteiger partial charge in [0.2, 0.25) is 0 Å². The second kappa shape index (κ2) is 9.16. The molecule has 7 nitrogen and oxygen atoms in total. The Kier molecular flexibility index (Phi) is 6.34. The highest BCUT2D eigenvalue weighted by atomic mass is 28.3. The van der Waals surface area contributed by atoms with Crippen molar-refractivity contribution in [1.82, 2.24) is 24.3 Å². The highest BCUT2D eigenvalue weighted by Gasteiger charge is 2.20. The monoisotopic (exact) mass is 434 g/mol. The molecular formula is C23H30N6OSi. The van der Waals surface area contributed by atoms with E-state index in [1.165, 1.54) is 5.57 Å². The van der Waals surface area contributed by atoms with Crippen molar-refractivity contribution in [2.24, 2.45) is 0 Å². The Morgan fingerprint density at radius 1 is 1.32 bits per heavy atom. The standard InChI is InChI=1S/C23H30N6OSi/c1-31(2,3)12-11-30-17-28-10-8-21-22(25-16-26-23(21)28)19-14-27-29(15-19)20-6-4-5-18(13-20)7-9-24/h7-8,10,14-16,20H,4-6,11-13,17H2,1-3H3/b18-7+. The van der Waals surface area contributed by atoms with E-state index in [9.17, 15) is 0 Å². The Hall–Kier alpha value is -2.76. The molecule has 1 unspecified atom stereocenters. The summed E-state index contributed by atoms with van der Waals surface area (Å²) in [5, 5.41) is 14.6. The van der Waals surface area contributed by atoms with Gasteiger partial charge in [-0.2, -0.15) is 10.4 Å². The molecule has 0 amide bonds. The Morgan fingerprint density at radius 3 is 3.00 bits per heavy atom. The molecule has 3 aromatic rings. The lowest BCUT2D eigenvalue weighted by Crippen LogP contribution is -2.22. The fourth-order valence-corrected chi connectivity index (χ4v) is 4.82. The zero-order chi connectivity index (χ0) is 21.8. The molecule has 1 atom stereocenters. The second-order valence-electron chi connectivity index (χ2n) is 9.48. The number of ether oxygens (including phenoxy) is 1. The number of allylic oxidation sites excluding steroid dienone is 2. The molecule has 1 aliphatic rings. The van der Waals surface area contributed by atoms with E-state index in [0.29, 0.717) is 12.8 Å². The van der Waals surface area contributed by atoms with Crippen molar-refractivity contribution in [3.8, 4) is 17.3 Å². The van der Waals surface area contributed by atoms with Gasteiger partial charge in [0.25, 0.3) is 0 Å². The number of nitrogens with zero attached hydrogens (tertiary/aromatic N) is 6. The predicted molar refractivity (Wildman–Crippen MR) is 124 cm³/mol. The number of fused-ring (bicyclic) bond motifs is 1. The molecule has 31 heavy (non-hydrogen) atoms. The first-order valence-corrected chi connectivity index (χ1v) is 14.6. The molecular weight excluding hydrogens is 404 g/mol. The average molecular weight is 435 g/mol. The summed E-state index contributed by atoms with van der Waals surface area (Å²) in [6.45, 7) is 8.35. The van der Waals surface area contributed by atoms with Crippen LogP contribution in [-0.2, 0) is 11.5 Å². The molecule has 162 valence electrons. The van der Waals surface area contributed by atoms with E-state index in [2.05, 4.69) is 53.0 Å². The van der Waals surface area contributed by atoms with Gasteiger partial charge >= 0.3 is 0 Å². The van der Waals surface area contributed by atoms with Crippen molar-refractivity contribution in [1.29, 1.82) is 5.26 Å². The van der Waals surface area contributed by atoms with Crippen LogP contribution in [-0.4, -0.2) is 39.0 Å². The Labute approximate surface area is 184 Å². The minimum Gasteiger partial charge on any atom is -0.361 e. The quantitative estimate of drug-likeness (QED) is 0.291. The molecule has 8 heteroatoms. The molecule has 4 rings (SSSR count). The normalized spacial score (nSPS) is 18.5. The minimum absolute atomic E-state index is 0.295. The second-order valence-corrected chi connectivity index (χ2v) is 15.1. The molecule has 0 aliphatic heterocycles. The molecule has 0 bridgehead atoms. The van der Waals surface area contributed by atoms with Crippen LogP contribution in [0.4, 0.5) is 0 Å². The van der Waals surface area contributed by atoms with Crippen molar-refractivity contribution >= 4 is 19.1 Å². The van der Waals surface area contributed by atoms with Gasteiger partial charge in [-0.15, -0.1) is 0 Å². The summed E-state index contributed by atoms with van der Waals surface area (Å²) in [6.07, 6.45) is 13.3. The first-order valence-electron chi connectivity index (χ1n) is 10.9. The molecule has 1 fully saturated rings. The highest BCUT2D eigenvalue weighted by molar-refractivity contribution is 6.76. The third-order valence-electron chi connectivity index (χ3n) is 5.83. The third-order valence-corrected chi connectivity index (χ3v) is 7.54. The summed E-state index contributed by atoms with van der Waals surface area (Å²) < 4.78 is 9.98. The number of rotatable bonds is 7. The van der Waals surface area contributed by atoms with E-state index in [-0.39, 0.29) is 0 Å². The van der Waals surface area contributed by atoms with Gasteiger partial charge < -0.3 is 9.30 Å². The lowest BCUT2D eigenvalue weighted by molar-refractivity contribution is 0.0899. The van der Waals surface area contributed by atoms with Gasteiger partial charge in [0.15, 0.2) is 0 Å². The summed E-state index contributed by atoms with van der Waals surface area (Å²) in [5.74, 6) is 0. The first-order chi connectivity index (χ1) is 14.9. The zero-order valence-electron chi connectivity index (χ0n) is 18.6. The van der Waals surface area contributed by atoms with E-state index in [0.717, 1.165) is 60.6 Å². The fraction of sp³-hybridized carbons (Fsp3) is 0.478. The fourth-order valence-electron chi connectivity index (χ4n) is 4.06. The summed E-state index contributed by atoms with van der Waals surface area (Å²) >= 11 is 0. The third kappa shape index (κ3) is 5.11. The Bertz CT molecular complexity index is 1120. The van der Waals surface area contributed by atoms with Crippen LogP contribution in [0.25, 0.3) is 22.3 Å². The van der Waals surface area contributed by atoms with E-state index >= 15 is 0 Å².